The Morgan fingerprint density at radius 2 is 1.91 bits per heavy atom. The summed E-state index contributed by atoms with van der Waals surface area (Å²) in [6.45, 7) is 10.4. The molecule has 0 radical (unpaired) electrons. The van der Waals surface area contributed by atoms with Crippen molar-refractivity contribution in [3.05, 3.63) is 81.4 Å². The van der Waals surface area contributed by atoms with Gasteiger partial charge in [-0.05, 0) is 79.4 Å². The van der Waals surface area contributed by atoms with Crippen LogP contribution in [0.5, 0.6) is 5.75 Å². The van der Waals surface area contributed by atoms with E-state index < -0.39 is 6.04 Å². The number of ether oxygens (including phenoxy) is 1. The van der Waals surface area contributed by atoms with E-state index in [1.165, 1.54) is 11.1 Å². The van der Waals surface area contributed by atoms with E-state index >= 15 is 0 Å². The van der Waals surface area contributed by atoms with Crippen LogP contribution in [0.25, 0.3) is 10.9 Å². The fraction of sp³-hybridized carbons (Fsp3) is 0.407. The summed E-state index contributed by atoms with van der Waals surface area (Å²) in [7, 11) is 0. The second kappa shape index (κ2) is 9.26. The second-order valence-electron chi connectivity index (χ2n) is 9.74. The van der Waals surface area contributed by atoms with Gasteiger partial charge in [0.15, 0.2) is 5.82 Å². The van der Waals surface area contributed by atoms with Crippen molar-refractivity contribution in [3.8, 4) is 5.75 Å². The van der Waals surface area contributed by atoms with Crippen LogP contribution in [0.3, 0.4) is 0 Å². The molecule has 1 atom stereocenters. The van der Waals surface area contributed by atoms with Gasteiger partial charge in [0.2, 0.25) is 0 Å². The molecule has 2 aromatic carbocycles. The normalized spacial score (nSPS) is 15.2. The lowest BCUT2D eigenvalue weighted by Gasteiger charge is -2.36. The Labute approximate surface area is 204 Å². The van der Waals surface area contributed by atoms with Gasteiger partial charge in [-0.2, -0.15) is 0 Å². The molecule has 1 aliphatic rings. The number of aromatic nitrogens is 5. The number of nitrogens with zero attached hydrogens (tertiary/aromatic N) is 5. The SMILES string of the molecule is CCOc1ccc2[nH]c(=O)c(C(c3nnnn3C(C)(C)CC)N3CCc4ccccc4C3)cc2c1. The topological polar surface area (TPSA) is 88.9 Å². The maximum Gasteiger partial charge on any atom is 0.253 e. The number of rotatable bonds is 7. The van der Waals surface area contributed by atoms with Crippen molar-refractivity contribution >= 4 is 10.9 Å². The van der Waals surface area contributed by atoms with Gasteiger partial charge in [-0.3, -0.25) is 9.69 Å². The van der Waals surface area contributed by atoms with Crippen molar-refractivity contribution in [2.45, 2.75) is 58.7 Å². The summed E-state index contributed by atoms with van der Waals surface area (Å²) in [5, 5.41) is 13.8. The zero-order chi connectivity index (χ0) is 24.6. The van der Waals surface area contributed by atoms with Crippen molar-refractivity contribution in [1.82, 2.24) is 30.1 Å². The molecule has 0 amide bonds. The van der Waals surface area contributed by atoms with Gasteiger partial charge in [0.1, 0.15) is 11.8 Å². The molecule has 1 unspecified atom stereocenters. The molecule has 0 spiro atoms. The van der Waals surface area contributed by atoms with E-state index in [1.54, 1.807) is 0 Å². The first-order valence-electron chi connectivity index (χ1n) is 12.3. The first kappa shape index (κ1) is 23.2. The average Bonchev–Trinajstić information content (AvgIpc) is 3.35. The monoisotopic (exact) mass is 472 g/mol. The van der Waals surface area contributed by atoms with Crippen molar-refractivity contribution in [2.75, 3.05) is 13.2 Å². The number of nitrogens with one attached hydrogen (secondary N) is 1. The lowest BCUT2D eigenvalue weighted by molar-refractivity contribution is 0.181. The maximum absolute atomic E-state index is 13.5. The fourth-order valence-corrected chi connectivity index (χ4v) is 4.84. The number of tetrazole rings is 1. The first-order chi connectivity index (χ1) is 16.9. The highest BCUT2D eigenvalue weighted by Gasteiger charge is 2.35. The van der Waals surface area contributed by atoms with Gasteiger partial charge in [0, 0.05) is 29.6 Å². The van der Waals surface area contributed by atoms with Crippen molar-refractivity contribution < 1.29 is 4.74 Å². The Morgan fingerprint density at radius 3 is 2.69 bits per heavy atom. The van der Waals surface area contributed by atoms with E-state index in [1.807, 2.05) is 35.9 Å². The summed E-state index contributed by atoms with van der Waals surface area (Å²) in [6.07, 6.45) is 1.76. The van der Waals surface area contributed by atoms with Crippen LogP contribution >= 0.6 is 0 Å². The molecule has 1 aliphatic heterocycles. The largest absolute Gasteiger partial charge is 0.494 e. The third-order valence-electron chi connectivity index (χ3n) is 7.15. The molecule has 4 aromatic rings. The Balaban J connectivity index is 1.68. The van der Waals surface area contributed by atoms with Gasteiger partial charge in [0.05, 0.1) is 12.1 Å². The predicted octanol–water partition coefficient (Wildman–Crippen LogP) is 4.21. The smallest absolute Gasteiger partial charge is 0.253 e. The van der Waals surface area contributed by atoms with Crippen LogP contribution in [-0.4, -0.2) is 43.2 Å². The summed E-state index contributed by atoms with van der Waals surface area (Å²) in [6, 6.07) is 15.8. The summed E-state index contributed by atoms with van der Waals surface area (Å²) in [5.41, 5.74) is 3.61. The minimum Gasteiger partial charge on any atom is -0.494 e. The third kappa shape index (κ3) is 4.34. The highest BCUT2D eigenvalue weighted by Crippen LogP contribution is 2.34. The molecule has 0 saturated carbocycles. The van der Waals surface area contributed by atoms with Crippen LogP contribution in [-0.2, 0) is 18.5 Å². The van der Waals surface area contributed by atoms with Crippen LogP contribution in [0.4, 0.5) is 0 Å². The zero-order valence-electron chi connectivity index (χ0n) is 20.8. The number of pyridine rings is 1. The van der Waals surface area contributed by atoms with Crippen molar-refractivity contribution in [2.24, 2.45) is 0 Å². The number of benzene rings is 2. The van der Waals surface area contributed by atoms with Crippen LogP contribution in [0.1, 0.15) is 62.7 Å². The summed E-state index contributed by atoms with van der Waals surface area (Å²) in [4.78, 5) is 18.9. The Hall–Kier alpha value is -3.52. The molecule has 0 fully saturated rings. The van der Waals surface area contributed by atoms with E-state index in [9.17, 15) is 4.79 Å². The Morgan fingerprint density at radius 1 is 1.11 bits per heavy atom. The number of aromatic amines is 1. The van der Waals surface area contributed by atoms with E-state index in [4.69, 9.17) is 4.74 Å². The summed E-state index contributed by atoms with van der Waals surface area (Å²) >= 11 is 0. The lowest BCUT2D eigenvalue weighted by atomic mass is 9.95. The molecule has 8 nitrogen and oxygen atoms in total. The van der Waals surface area contributed by atoms with E-state index in [0.717, 1.165) is 42.6 Å². The molecule has 0 saturated heterocycles. The zero-order valence-corrected chi connectivity index (χ0v) is 20.8. The molecule has 1 N–H and O–H groups in total. The molecule has 8 heteroatoms. The average molecular weight is 473 g/mol. The fourth-order valence-electron chi connectivity index (χ4n) is 4.84. The van der Waals surface area contributed by atoms with E-state index in [0.29, 0.717) is 18.0 Å². The molecule has 0 aliphatic carbocycles. The Kier molecular flexibility index (Phi) is 6.15. The molecule has 2 aromatic heterocycles. The van der Waals surface area contributed by atoms with Crippen LogP contribution in [0.2, 0.25) is 0 Å². The quantitative estimate of drug-likeness (QED) is 0.434. The van der Waals surface area contributed by atoms with Gasteiger partial charge in [0.25, 0.3) is 5.56 Å². The number of H-pyrrole nitrogens is 1. The number of hydrogen-bond acceptors (Lipinski definition) is 6. The Bertz CT molecular complexity index is 1410. The molecular weight excluding hydrogens is 440 g/mol. The van der Waals surface area contributed by atoms with Gasteiger partial charge in [-0.25, -0.2) is 4.68 Å². The van der Waals surface area contributed by atoms with E-state index in [2.05, 4.69) is 70.4 Å². The molecule has 0 bridgehead atoms. The predicted molar refractivity (Wildman–Crippen MR) is 136 cm³/mol. The van der Waals surface area contributed by atoms with Crippen LogP contribution < -0.4 is 10.3 Å². The minimum absolute atomic E-state index is 0.130. The third-order valence-corrected chi connectivity index (χ3v) is 7.15. The highest BCUT2D eigenvalue weighted by molar-refractivity contribution is 5.80. The molecule has 35 heavy (non-hydrogen) atoms. The number of hydrogen-bond donors (Lipinski definition) is 1. The van der Waals surface area contributed by atoms with Crippen molar-refractivity contribution in [1.29, 1.82) is 0 Å². The van der Waals surface area contributed by atoms with Gasteiger partial charge in [-0.15, -0.1) is 5.10 Å². The lowest BCUT2D eigenvalue weighted by Crippen LogP contribution is -2.40. The van der Waals surface area contributed by atoms with Crippen molar-refractivity contribution in [3.63, 3.8) is 0 Å². The van der Waals surface area contributed by atoms with Crippen LogP contribution in [0, 0.1) is 0 Å². The standard InChI is InChI=1S/C27H32N6O2/c1-5-27(3,4)33-25(29-30-31-33)24(32-14-13-18-9-7-8-10-19(18)17-32)22-16-20-15-21(35-6-2)11-12-23(20)28-26(22)34/h7-12,15-16,24H,5-6,13-14,17H2,1-4H3,(H,28,34). The van der Waals surface area contributed by atoms with Gasteiger partial charge >= 0.3 is 0 Å². The highest BCUT2D eigenvalue weighted by atomic mass is 16.5. The first-order valence-corrected chi connectivity index (χ1v) is 12.3. The second-order valence-corrected chi connectivity index (χ2v) is 9.74. The number of fused-ring (bicyclic) bond motifs is 2. The maximum atomic E-state index is 13.5. The summed E-state index contributed by atoms with van der Waals surface area (Å²) in [5.74, 6) is 1.46. The molecule has 3 heterocycles. The molecule has 5 rings (SSSR count). The van der Waals surface area contributed by atoms with Gasteiger partial charge < -0.3 is 9.72 Å². The van der Waals surface area contributed by atoms with E-state index in [-0.39, 0.29) is 11.1 Å². The minimum atomic E-state index is -0.395. The molecular formula is C27H32N6O2. The van der Waals surface area contributed by atoms with Crippen LogP contribution in [0.15, 0.2) is 53.3 Å². The van der Waals surface area contributed by atoms with Gasteiger partial charge in [-0.1, -0.05) is 31.2 Å². The molecule has 182 valence electrons. The summed E-state index contributed by atoms with van der Waals surface area (Å²) < 4.78 is 7.60.